The molecule has 0 aromatic carbocycles. The molecule has 2 heterocycles. The summed E-state index contributed by atoms with van der Waals surface area (Å²) in [5.74, 6) is -9.03. The first-order chi connectivity index (χ1) is 38.3. The summed E-state index contributed by atoms with van der Waals surface area (Å²) in [7, 11) is 0. The van der Waals surface area contributed by atoms with Gasteiger partial charge in [-0.3, -0.25) is 57.5 Å². The summed E-state index contributed by atoms with van der Waals surface area (Å²) in [5, 5.41) is 34.4. The van der Waals surface area contributed by atoms with E-state index in [0.29, 0.717) is 32.1 Å². The van der Waals surface area contributed by atoms with Gasteiger partial charge in [0.2, 0.25) is 70.9 Å². The molecule has 0 radical (unpaired) electrons. The van der Waals surface area contributed by atoms with Crippen molar-refractivity contribution in [3.05, 3.63) is 0 Å². The highest BCUT2D eigenvalue weighted by Gasteiger charge is 2.46. The van der Waals surface area contributed by atoms with Gasteiger partial charge in [-0.2, -0.15) is 0 Å². The number of nitrogens with two attached hydrogens (primary N) is 1. The molecule has 10 unspecified atom stereocenters. The zero-order chi connectivity index (χ0) is 63.6. The first-order valence-electron chi connectivity index (χ1n) is 29.6. The van der Waals surface area contributed by atoms with Crippen molar-refractivity contribution in [1.82, 2.24) is 57.7 Å². The van der Waals surface area contributed by atoms with E-state index in [1.165, 1.54) is 58.3 Å². The summed E-state index contributed by atoms with van der Waals surface area (Å²) < 4.78 is 0. The number of rotatable bonds is 32. The molecule has 10 atom stereocenters. The topological polar surface area (TPSA) is 366 Å². The van der Waals surface area contributed by atoms with Crippen LogP contribution in [0.5, 0.6) is 0 Å². The van der Waals surface area contributed by atoms with Crippen LogP contribution in [0.4, 0.5) is 0 Å². The molecule has 0 aliphatic carbocycles. The molecule has 0 saturated carbocycles. The van der Waals surface area contributed by atoms with Crippen molar-refractivity contribution in [3.63, 3.8) is 0 Å². The van der Waals surface area contributed by atoms with Gasteiger partial charge in [-0.05, 0) is 116 Å². The number of aliphatic hydroxyl groups is 1. The van der Waals surface area contributed by atoms with E-state index in [4.69, 9.17) is 5.73 Å². The molecule has 0 bridgehead atoms. The number of amides is 12. The Balaban J connectivity index is 2.33. The van der Waals surface area contributed by atoms with E-state index in [1.54, 1.807) is 20.8 Å². The van der Waals surface area contributed by atoms with Gasteiger partial charge < -0.3 is 68.5 Å². The lowest BCUT2D eigenvalue weighted by Gasteiger charge is -2.36. The molecule has 2 rings (SSSR count). The van der Waals surface area contributed by atoms with Crippen LogP contribution in [0, 0.1) is 29.6 Å². The number of likely N-dealkylation sites (tertiary alicyclic amines) is 2. The summed E-state index contributed by atoms with van der Waals surface area (Å²) in [6.45, 7) is 28.4. The second kappa shape index (κ2) is 32.0. The van der Waals surface area contributed by atoms with Crippen molar-refractivity contribution < 1.29 is 62.6 Å². The SMILES string of the molecule is CCC(C)C(NC(=O)C(CCC(N)=O)NC(=O)C(C)(C)NC(C)=O)C(=O)NC(CC(C)C)C(=O)NC(C)(C)C(=O)N1CCCC1C(=O)NC(C(=O)NC(CC(C)C)C(=O)NC(C)(C)C(=O)N1CCCC1C(=O)NC(CO)C(C)C)C(C)CC. The molecular weight excluding hydrogens is 1070 g/mol. The summed E-state index contributed by atoms with van der Waals surface area (Å²) in [6.07, 6.45) is 2.17. The van der Waals surface area contributed by atoms with Gasteiger partial charge in [0.05, 0.1) is 12.6 Å². The Morgan fingerprint density at radius 2 is 0.940 bits per heavy atom. The Morgan fingerprint density at radius 1 is 0.530 bits per heavy atom. The van der Waals surface area contributed by atoms with Crippen LogP contribution in [-0.4, -0.2) is 170 Å². The zero-order valence-corrected chi connectivity index (χ0v) is 52.5. The van der Waals surface area contributed by atoms with Gasteiger partial charge in [-0.1, -0.05) is 82.1 Å². The number of aliphatic hydroxyl groups excluding tert-OH is 1. The van der Waals surface area contributed by atoms with Gasteiger partial charge in [-0.25, -0.2) is 0 Å². The lowest BCUT2D eigenvalue weighted by molar-refractivity contribution is -0.146. The Labute approximate surface area is 491 Å². The molecular formula is C58H102N12O13. The maximum Gasteiger partial charge on any atom is 0.248 e. The van der Waals surface area contributed by atoms with Crippen molar-refractivity contribution >= 4 is 70.9 Å². The zero-order valence-electron chi connectivity index (χ0n) is 52.5. The quantitative estimate of drug-likeness (QED) is 0.0442. The molecule has 12 amide bonds. The Morgan fingerprint density at radius 3 is 1.30 bits per heavy atom. The summed E-state index contributed by atoms with van der Waals surface area (Å²) in [5.41, 5.74) is 0.762. The van der Waals surface area contributed by atoms with Crippen LogP contribution in [0.15, 0.2) is 0 Å². The molecule has 0 aromatic rings. The second-order valence-corrected chi connectivity index (χ2v) is 25.5. The van der Waals surface area contributed by atoms with E-state index in [1.807, 2.05) is 48.5 Å². The maximum absolute atomic E-state index is 14.5. The van der Waals surface area contributed by atoms with Crippen molar-refractivity contribution in [2.24, 2.45) is 35.3 Å². The van der Waals surface area contributed by atoms with E-state index in [9.17, 15) is 62.6 Å². The number of nitrogens with one attached hydrogen (secondary N) is 9. The average molecular weight is 1180 g/mol. The van der Waals surface area contributed by atoms with Crippen molar-refractivity contribution in [1.29, 1.82) is 0 Å². The minimum Gasteiger partial charge on any atom is -0.394 e. The smallest absolute Gasteiger partial charge is 0.248 e. The standard InChI is InChI=1S/C58H102N12O13/c1-18-34(9)44(64-46(74)37(24-25-43(59)73)63-53(81)56(12,13)66-36(11)72)51(79)60-38(28-31(3)4)47(75)68-58(16,17)55(83)70-27-21-23-42(70)50(78)65-45(35(10)19-2)52(80)61-39(29-32(5)6)48(76)67-57(14,15)54(82)69-26-20-22-41(69)49(77)62-40(30-71)33(7)8/h31-35,37-42,44-45,71H,18-30H2,1-17H3,(H2,59,73)(H,60,79)(H,61,80)(H,62,77)(H,63,81)(H,64,74)(H,65,78)(H,66,72)(H,67,76)(H,68,75). The van der Waals surface area contributed by atoms with Crippen molar-refractivity contribution in [2.45, 2.75) is 247 Å². The minimum atomic E-state index is -1.65. The van der Waals surface area contributed by atoms with Crippen LogP contribution in [-0.2, 0) is 57.5 Å². The summed E-state index contributed by atoms with van der Waals surface area (Å²) in [6, 6.07) is -8.52. The number of hydrogen-bond acceptors (Lipinski definition) is 13. The van der Waals surface area contributed by atoms with Crippen molar-refractivity contribution in [2.75, 3.05) is 19.7 Å². The van der Waals surface area contributed by atoms with Crippen LogP contribution >= 0.6 is 0 Å². The molecule has 2 aliphatic heterocycles. The van der Waals surface area contributed by atoms with Gasteiger partial charge >= 0.3 is 0 Å². The molecule has 25 nitrogen and oxygen atoms in total. The fourth-order valence-electron chi connectivity index (χ4n) is 10.1. The van der Waals surface area contributed by atoms with Crippen LogP contribution < -0.4 is 53.6 Å². The maximum atomic E-state index is 14.5. The van der Waals surface area contributed by atoms with E-state index < -0.39 is 148 Å². The summed E-state index contributed by atoms with van der Waals surface area (Å²) >= 11 is 0. The van der Waals surface area contributed by atoms with E-state index in [0.717, 1.165) is 0 Å². The number of primary amides is 1. The molecule has 2 saturated heterocycles. The molecule has 472 valence electrons. The lowest BCUT2D eigenvalue weighted by atomic mass is 9.95. The second-order valence-electron chi connectivity index (χ2n) is 25.5. The largest absolute Gasteiger partial charge is 0.394 e. The van der Waals surface area contributed by atoms with Gasteiger partial charge in [0.25, 0.3) is 0 Å². The Hall–Kier alpha value is -6.40. The van der Waals surface area contributed by atoms with Gasteiger partial charge in [0.1, 0.15) is 58.9 Å². The molecule has 0 aromatic heterocycles. The lowest BCUT2D eigenvalue weighted by Crippen LogP contribution is -2.64. The van der Waals surface area contributed by atoms with Crippen LogP contribution in [0.2, 0.25) is 0 Å². The number of hydrogen-bond donors (Lipinski definition) is 11. The predicted molar refractivity (Wildman–Crippen MR) is 312 cm³/mol. The van der Waals surface area contributed by atoms with E-state index in [-0.39, 0.29) is 69.6 Å². The Bertz CT molecular complexity index is 2320. The highest BCUT2D eigenvalue weighted by atomic mass is 16.3. The van der Waals surface area contributed by atoms with Crippen LogP contribution in [0.25, 0.3) is 0 Å². The number of nitrogens with zero attached hydrogens (tertiary/aromatic N) is 2. The minimum absolute atomic E-state index is 0.0534. The van der Waals surface area contributed by atoms with E-state index in [2.05, 4.69) is 47.9 Å². The molecule has 12 N–H and O–H groups in total. The summed E-state index contributed by atoms with van der Waals surface area (Å²) in [4.78, 5) is 167. The van der Waals surface area contributed by atoms with Crippen LogP contribution in [0.3, 0.4) is 0 Å². The fraction of sp³-hybridized carbons (Fsp3) is 0.793. The number of carbonyl (C=O) groups excluding carboxylic acids is 12. The number of carbonyl (C=O) groups is 12. The molecule has 0 spiro atoms. The molecule has 83 heavy (non-hydrogen) atoms. The monoisotopic (exact) mass is 1170 g/mol. The van der Waals surface area contributed by atoms with Crippen LogP contribution in [0.1, 0.15) is 182 Å². The molecule has 2 aliphatic rings. The molecule has 25 heteroatoms. The van der Waals surface area contributed by atoms with Gasteiger partial charge in [-0.15, -0.1) is 0 Å². The third-order valence-corrected chi connectivity index (χ3v) is 15.5. The first kappa shape index (κ1) is 72.7. The van der Waals surface area contributed by atoms with Gasteiger partial charge in [0, 0.05) is 26.4 Å². The third-order valence-electron chi connectivity index (χ3n) is 15.5. The van der Waals surface area contributed by atoms with Crippen molar-refractivity contribution in [3.8, 4) is 0 Å². The normalized spacial score (nSPS) is 18.6. The average Bonchev–Trinajstić information content (AvgIpc) is 4.24. The molecule has 2 fully saturated rings. The highest BCUT2D eigenvalue weighted by Crippen LogP contribution is 2.25. The first-order valence-corrected chi connectivity index (χ1v) is 29.6. The fourth-order valence-corrected chi connectivity index (χ4v) is 10.1. The van der Waals surface area contributed by atoms with E-state index >= 15 is 0 Å². The highest BCUT2D eigenvalue weighted by molar-refractivity contribution is 6.01. The van der Waals surface area contributed by atoms with Gasteiger partial charge in [0.15, 0.2) is 0 Å². The Kier molecular flexibility index (Phi) is 28.1. The predicted octanol–water partition coefficient (Wildman–Crippen LogP) is 0.680. The third kappa shape index (κ3) is 21.6.